The first-order valence-electron chi connectivity index (χ1n) is 7.46. The summed E-state index contributed by atoms with van der Waals surface area (Å²) in [5, 5.41) is 18.9. The van der Waals surface area contributed by atoms with Crippen LogP contribution in [-0.2, 0) is 11.2 Å². The van der Waals surface area contributed by atoms with Crippen molar-refractivity contribution in [3.05, 3.63) is 5.82 Å². The van der Waals surface area contributed by atoms with Crippen LogP contribution in [0.3, 0.4) is 0 Å². The average Bonchev–Trinajstić information content (AvgIpc) is 2.88. The van der Waals surface area contributed by atoms with Crippen LogP contribution in [0.2, 0.25) is 0 Å². The van der Waals surface area contributed by atoms with Crippen molar-refractivity contribution < 1.29 is 9.90 Å². The zero-order valence-corrected chi connectivity index (χ0v) is 14.3. The van der Waals surface area contributed by atoms with Crippen molar-refractivity contribution in [3.8, 4) is 0 Å². The Morgan fingerprint density at radius 3 is 2.62 bits per heavy atom. The van der Waals surface area contributed by atoms with Gasteiger partial charge in [0.2, 0.25) is 0 Å². The number of aromatic nitrogens is 3. The molecule has 118 valence electrons. The van der Waals surface area contributed by atoms with Gasteiger partial charge in [-0.05, 0) is 38.4 Å². The van der Waals surface area contributed by atoms with Gasteiger partial charge in [-0.15, -0.1) is 10.2 Å². The summed E-state index contributed by atoms with van der Waals surface area (Å²) in [4.78, 5) is 10.8. The third kappa shape index (κ3) is 4.39. The predicted octanol–water partition coefficient (Wildman–Crippen LogP) is 3.25. The van der Waals surface area contributed by atoms with Gasteiger partial charge in [0.25, 0.3) is 0 Å². The molecule has 0 aromatic carbocycles. The van der Waals surface area contributed by atoms with E-state index in [4.69, 9.17) is 5.11 Å². The lowest BCUT2D eigenvalue weighted by molar-refractivity contribution is -0.133. The zero-order chi connectivity index (χ0) is 15.2. The minimum atomic E-state index is -0.808. The maximum Gasteiger partial charge on any atom is 0.313 e. The summed E-state index contributed by atoms with van der Waals surface area (Å²) >= 11 is 3.24. The first-order valence-corrected chi connectivity index (χ1v) is 9.74. The molecule has 0 aliphatic heterocycles. The molecule has 1 heterocycles. The normalized spacial score (nSPS) is 22.4. The molecule has 7 heteroatoms. The van der Waals surface area contributed by atoms with Gasteiger partial charge < -0.3 is 9.67 Å². The van der Waals surface area contributed by atoms with E-state index in [1.54, 1.807) is 0 Å². The summed E-state index contributed by atoms with van der Waals surface area (Å²) in [5.74, 6) is 0.250. The molecular formula is C14H23N3O2S2. The lowest BCUT2D eigenvalue weighted by atomic mass is 9.94. The Morgan fingerprint density at radius 2 is 2.05 bits per heavy atom. The van der Waals surface area contributed by atoms with Crippen LogP contribution in [0.4, 0.5) is 0 Å². The standard InChI is InChI=1S/C14H23N3O2S2/c1-3-4-12-15-16-14(21-9-13(18)19)17(12)10-5-7-11(20-2)8-6-10/h10-11H,3-9H2,1-2H3,(H,18,19). The van der Waals surface area contributed by atoms with Gasteiger partial charge in [-0.3, -0.25) is 4.79 Å². The van der Waals surface area contributed by atoms with Crippen LogP contribution in [-0.4, -0.2) is 43.1 Å². The smallest absolute Gasteiger partial charge is 0.313 e. The van der Waals surface area contributed by atoms with Crippen molar-refractivity contribution in [3.63, 3.8) is 0 Å². The summed E-state index contributed by atoms with van der Waals surface area (Å²) in [6.45, 7) is 2.13. The Morgan fingerprint density at radius 1 is 1.33 bits per heavy atom. The molecule has 1 fully saturated rings. The Labute approximate surface area is 134 Å². The molecule has 21 heavy (non-hydrogen) atoms. The molecule has 0 amide bonds. The first kappa shape index (κ1) is 16.7. The summed E-state index contributed by atoms with van der Waals surface area (Å²) in [5.41, 5.74) is 0. The number of carboxylic acids is 1. The molecule has 5 nitrogen and oxygen atoms in total. The van der Waals surface area contributed by atoms with E-state index < -0.39 is 5.97 Å². The van der Waals surface area contributed by atoms with Gasteiger partial charge in [0.15, 0.2) is 5.16 Å². The second-order valence-electron chi connectivity index (χ2n) is 5.37. The molecule has 1 saturated carbocycles. The Hall–Kier alpha value is -0.690. The van der Waals surface area contributed by atoms with E-state index in [-0.39, 0.29) is 5.75 Å². The number of aryl methyl sites for hydroxylation is 1. The molecule has 1 aromatic rings. The van der Waals surface area contributed by atoms with Crippen molar-refractivity contribution in [2.75, 3.05) is 12.0 Å². The molecule has 0 radical (unpaired) electrons. The van der Waals surface area contributed by atoms with Gasteiger partial charge in [0, 0.05) is 17.7 Å². The molecule has 1 aliphatic carbocycles. The maximum absolute atomic E-state index is 10.8. The van der Waals surface area contributed by atoms with Crippen LogP contribution >= 0.6 is 23.5 Å². The number of hydrogen-bond acceptors (Lipinski definition) is 5. The van der Waals surface area contributed by atoms with Gasteiger partial charge in [0.05, 0.1) is 5.75 Å². The number of nitrogens with zero attached hydrogens (tertiary/aromatic N) is 3. The second kappa shape index (κ2) is 8.08. The van der Waals surface area contributed by atoms with Gasteiger partial charge in [0.1, 0.15) is 5.82 Å². The fourth-order valence-corrected chi connectivity index (χ4v) is 4.32. The van der Waals surface area contributed by atoms with Crippen molar-refractivity contribution in [1.82, 2.24) is 14.8 Å². The molecule has 0 spiro atoms. The first-order chi connectivity index (χ1) is 10.2. The Kier molecular flexibility index (Phi) is 6.41. The van der Waals surface area contributed by atoms with Crippen molar-refractivity contribution >= 4 is 29.5 Å². The molecule has 0 bridgehead atoms. The number of aliphatic carboxylic acids is 1. The quantitative estimate of drug-likeness (QED) is 0.775. The number of hydrogen-bond donors (Lipinski definition) is 1. The van der Waals surface area contributed by atoms with Gasteiger partial charge >= 0.3 is 5.97 Å². The molecule has 0 unspecified atom stereocenters. The van der Waals surface area contributed by atoms with Crippen LogP contribution in [0, 0.1) is 0 Å². The third-order valence-corrected chi connectivity index (χ3v) is 5.94. The second-order valence-corrected chi connectivity index (χ2v) is 7.45. The summed E-state index contributed by atoms with van der Waals surface area (Å²) in [6.07, 6.45) is 8.84. The van der Waals surface area contributed by atoms with Gasteiger partial charge in [-0.1, -0.05) is 18.7 Å². The van der Waals surface area contributed by atoms with Crippen molar-refractivity contribution in [2.45, 2.75) is 61.9 Å². The molecule has 1 N–H and O–H groups in total. The van der Waals surface area contributed by atoms with E-state index in [0.717, 1.165) is 41.9 Å². The molecule has 0 atom stereocenters. The SMILES string of the molecule is CCCc1nnc(SCC(=O)O)n1C1CCC(SC)CC1. The van der Waals surface area contributed by atoms with E-state index in [9.17, 15) is 4.79 Å². The maximum atomic E-state index is 10.8. The highest BCUT2D eigenvalue weighted by molar-refractivity contribution is 7.99. The Bertz CT molecular complexity index is 471. The van der Waals surface area contributed by atoms with Crippen LogP contribution in [0.1, 0.15) is 50.9 Å². The third-order valence-electron chi connectivity index (χ3n) is 3.88. The highest BCUT2D eigenvalue weighted by Crippen LogP contribution is 2.36. The highest BCUT2D eigenvalue weighted by Gasteiger charge is 2.26. The number of carboxylic acid groups (broad SMARTS) is 1. The topological polar surface area (TPSA) is 68.0 Å². The van der Waals surface area contributed by atoms with E-state index in [1.807, 2.05) is 11.8 Å². The molecule has 0 saturated heterocycles. The fourth-order valence-electron chi connectivity index (χ4n) is 2.83. The van der Waals surface area contributed by atoms with Crippen LogP contribution < -0.4 is 0 Å². The number of rotatable bonds is 7. The lowest BCUT2D eigenvalue weighted by Gasteiger charge is -2.29. The summed E-state index contributed by atoms with van der Waals surface area (Å²) < 4.78 is 2.22. The summed E-state index contributed by atoms with van der Waals surface area (Å²) in [6, 6.07) is 0.432. The fraction of sp³-hybridized carbons (Fsp3) is 0.786. The lowest BCUT2D eigenvalue weighted by Crippen LogP contribution is -2.21. The molecule has 1 aliphatic rings. The van der Waals surface area contributed by atoms with E-state index >= 15 is 0 Å². The minimum absolute atomic E-state index is 0.0460. The van der Waals surface area contributed by atoms with Gasteiger partial charge in [-0.25, -0.2) is 0 Å². The van der Waals surface area contributed by atoms with Crippen LogP contribution in [0.25, 0.3) is 0 Å². The summed E-state index contributed by atoms with van der Waals surface area (Å²) in [7, 11) is 0. The predicted molar refractivity (Wildman–Crippen MR) is 87.2 cm³/mol. The zero-order valence-electron chi connectivity index (χ0n) is 12.6. The Balaban J connectivity index is 2.14. The van der Waals surface area contributed by atoms with Crippen LogP contribution in [0.15, 0.2) is 5.16 Å². The molecule has 2 rings (SSSR count). The minimum Gasteiger partial charge on any atom is -0.481 e. The monoisotopic (exact) mass is 329 g/mol. The van der Waals surface area contributed by atoms with E-state index in [0.29, 0.717) is 6.04 Å². The molecule has 1 aromatic heterocycles. The number of carbonyl (C=O) groups is 1. The highest BCUT2D eigenvalue weighted by atomic mass is 32.2. The van der Waals surface area contributed by atoms with E-state index in [1.165, 1.54) is 24.6 Å². The van der Waals surface area contributed by atoms with Crippen molar-refractivity contribution in [2.24, 2.45) is 0 Å². The van der Waals surface area contributed by atoms with Gasteiger partial charge in [-0.2, -0.15) is 11.8 Å². The average molecular weight is 329 g/mol. The van der Waals surface area contributed by atoms with E-state index in [2.05, 4.69) is 27.9 Å². The molecular weight excluding hydrogens is 306 g/mol. The van der Waals surface area contributed by atoms with Crippen molar-refractivity contribution in [1.29, 1.82) is 0 Å². The number of thioether (sulfide) groups is 2. The largest absolute Gasteiger partial charge is 0.481 e. The van der Waals surface area contributed by atoms with Crippen LogP contribution in [0.5, 0.6) is 0 Å².